The highest BCUT2D eigenvalue weighted by molar-refractivity contribution is 7.47. The summed E-state index contributed by atoms with van der Waals surface area (Å²) in [7, 11) is -4.23. The maximum atomic E-state index is 11.5. The minimum atomic E-state index is -4.23. The molecule has 9 heteroatoms. The van der Waals surface area contributed by atoms with Crippen molar-refractivity contribution in [2.24, 2.45) is 0 Å². The normalized spacial score (nSPS) is 14.8. The van der Waals surface area contributed by atoms with Gasteiger partial charge in [-0.25, -0.2) is 9.36 Å². The molecule has 21 heavy (non-hydrogen) atoms. The molecule has 1 N–H and O–H groups in total. The smallest absolute Gasteiger partial charge is 0.462 e. The second-order valence-electron chi connectivity index (χ2n) is 3.90. The molecule has 0 saturated carbocycles. The number of carbonyl (C=O) groups is 2. The Balaban J connectivity index is 4.44. The largest absolute Gasteiger partial charge is 0.472 e. The van der Waals surface area contributed by atoms with Gasteiger partial charge in [0.1, 0.15) is 6.61 Å². The van der Waals surface area contributed by atoms with Crippen molar-refractivity contribution in [3.63, 3.8) is 0 Å². The Kier molecular flexibility index (Phi) is 9.90. The number of ether oxygens (including phenoxy) is 2. The van der Waals surface area contributed by atoms with E-state index in [1.54, 1.807) is 13.8 Å². The third-order valence-electron chi connectivity index (χ3n) is 2.05. The molecular weight excluding hydrogens is 303 g/mol. The average molecular weight is 324 g/mol. The first kappa shape index (κ1) is 19.8. The van der Waals surface area contributed by atoms with Gasteiger partial charge in [-0.2, -0.15) is 0 Å². The van der Waals surface area contributed by atoms with Gasteiger partial charge in [0.25, 0.3) is 0 Å². The zero-order valence-corrected chi connectivity index (χ0v) is 13.0. The van der Waals surface area contributed by atoms with E-state index in [0.717, 1.165) is 6.08 Å². The number of hydrogen-bond donors (Lipinski definition) is 1. The van der Waals surface area contributed by atoms with Crippen molar-refractivity contribution in [3.05, 3.63) is 12.7 Å². The van der Waals surface area contributed by atoms with Crippen LogP contribution < -0.4 is 0 Å². The van der Waals surface area contributed by atoms with E-state index < -0.39 is 32.5 Å². The van der Waals surface area contributed by atoms with Crippen molar-refractivity contribution in [3.8, 4) is 0 Å². The molecule has 0 aliphatic carbocycles. The van der Waals surface area contributed by atoms with Gasteiger partial charge in [0, 0.05) is 12.5 Å². The van der Waals surface area contributed by atoms with Gasteiger partial charge >= 0.3 is 19.8 Å². The van der Waals surface area contributed by atoms with Crippen molar-refractivity contribution in [1.82, 2.24) is 0 Å². The van der Waals surface area contributed by atoms with Crippen LogP contribution in [0.3, 0.4) is 0 Å². The molecule has 0 radical (unpaired) electrons. The predicted molar refractivity (Wildman–Crippen MR) is 73.3 cm³/mol. The number of phosphoric acid groups is 1. The van der Waals surface area contributed by atoms with Crippen LogP contribution in [-0.2, 0) is 32.7 Å². The van der Waals surface area contributed by atoms with Crippen LogP contribution >= 0.6 is 7.82 Å². The maximum absolute atomic E-state index is 11.5. The Labute approximate surface area is 123 Å². The van der Waals surface area contributed by atoms with Crippen LogP contribution in [0.5, 0.6) is 0 Å². The number of carbonyl (C=O) groups excluding carboxylic acids is 2. The lowest BCUT2D eigenvalue weighted by Gasteiger charge is -2.18. The van der Waals surface area contributed by atoms with E-state index in [1.807, 2.05) is 0 Å². The molecule has 0 saturated heterocycles. The molecule has 0 spiro atoms. The van der Waals surface area contributed by atoms with E-state index >= 15 is 0 Å². The van der Waals surface area contributed by atoms with Crippen molar-refractivity contribution < 1.29 is 37.6 Å². The van der Waals surface area contributed by atoms with Gasteiger partial charge in [0.05, 0.1) is 13.2 Å². The van der Waals surface area contributed by atoms with Crippen LogP contribution in [0.1, 0.15) is 26.7 Å². The molecule has 122 valence electrons. The molecule has 0 heterocycles. The predicted octanol–water partition coefficient (Wildman–Crippen LogP) is 1.58. The van der Waals surface area contributed by atoms with Gasteiger partial charge in [-0.15, -0.1) is 0 Å². The fraction of sp³-hybridized carbons (Fsp3) is 0.667. The first-order valence-electron chi connectivity index (χ1n) is 6.45. The standard InChI is InChI=1S/C12H21O8P/c1-4-7-18-21(15,16)19-9-10(20-12(14)6-3)8-17-11(13)5-2/h6,10H,3-5,7-9H2,1-2H3,(H,15,16). The second kappa shape index (κ2) is 10.5. The molecule has 0 aliphatic heterocycles. The van der Waals surface area contributed by atoms with Crippen molar-refractivity contribution in [2.75, 3.05) is 19.8 Å². The van der Waals surface area contributed by atoms with E-state index in [9.17, 15) is 19.0 Å². The van der Waals surface area contributed by atoms with E-state index in [2.05, 4.69) is 11.1 Å². The van der Waals surface area contributed by atoms with Gasteiger partial charge in [0.2, 0.25) is 0 Å². The maximum Gasteiger partial charge on any atom is 0.472 e. The minimum absolute atomic E-state index is 0.0513. The first-order chi connectivity index (χ1) is 9.84. The summed E-state index contributed by atoms with van der Waals surface area (Å²) in [5.41, 5.74) is 0. The molecule has 0 aromatic carbocycles. The monoisotopic (exact) mass is 324 g/mol. The molecular formula is C12H21O8P. The second-order valence-corrected chi connectivity index (χ2v) is 5.35. The van der Waals surface area contributed by atoms with Gasteiger partial charge < -0.3 is 14.4 Å². The summed E-state index contributed by atoms with van der Waals surface area (Å²) >= 11 is 0. The van der Waals surface area contributed by atoms with Gasteiger partial charge in [-0.1, -0.05) is 20.4 Å². The molecule has 0 aromatic heterocycles. The van der Waals surface area contributed by atoms with Crippen LogP contribution in [0.2, 0.25) is 0 Å². The summed E-state index contributed by atoms with van der Waals surface area (Å²) in [5, 5.41) is 0. The lowest BCUT2D eigenvalue weighted by Crippen LogP contribution is -2.28. The van der Waals surface area contributed by atoms with E-state index in [4.69, 9.17) is 14.0 Å². The summed E-state index contributed by atoms with van der Waals surface area (Å²) in [6.07, 6.45) is 0.579. The summed E-state index contributed by atoms with van der Waals surface area (Å²) in [5.74, 6) is -1.26. The number of esters is 2. The van der Waals surface area contributed by atoms with Crippen molar-refractivity contribution >= 4 is 19.8 Å². The Morgan fingerprint density at radius 3 is 2.48 bits per heavy atom. The third-order valence-corrected chi connectivity index (χ3v) is 3.03. The Morgan fingerprint density at radius 1 is 1.29 bits per heavy atom. The zero-order valence-electron chi connectivity index (χ0n) is 12.1. The average Bonchev–Trinajstić information content (AvgIpc) is 2.47. The Morgan fingerprint density at radius 2 is 1.95 bits per heavy atom. The van der Waals surface area contributed by atoms with Crippen molar-refractivity contribution in [2.45, 2.75) is 32.8 Å². The molecule has 0 amide bonds. The van der Waals surface area contributed by atoms with Gasteiger partial charge in [-0.05, 0) is 6.42 Å². The van der Waals surface area contributed by atoms with E-state index in [-0.39, 0.29) is 19.6 Å². The van der Waals surface area contributed by atoms with Gasteiger partial charge in [-0.3, -0.25) is 13.8 Å². The van der Waals surface area contributed by atoms with Crippen LogP contribution in [0, 0.1) is 0 Å². The lowest BCUT2D eigenvalue weighted by atomic mass is 10.4. The first-order valence-corrected chi connectivity index (χ1v) is 7.94. The fourth-order valence-electron chi connectivity index (χ4n) is 1.04. The van der Waals surface area contributed by atoms with Crippen LogP contribution in [0.15, 0.2) is 12.7 Å². The summed E-state index contributed by atoms with van der Waals surface area (Å²) in [6.45, 7) is 5.90. The lowest BCUT2D eigenvalue weighted by molar-refractivity contribution is -0.157. The van der Waals surface area contributed by atoms with Crippen LogP contribution in [-0.4, -0.2) is 42.8 Å². The number of phosphoric ester groups is 1. The molecule has 0 bridgehead atoms. The van der Waals surface area contributed by atoms with Crippen LogP contribution in [0.4, 0.5) is 0 Å². The summed E-state index contributed by atoms with van der Waals surface area (Å²) in [6, 6.07) is 0. The molecule has 0 fully saturated rings. The zero-order chi connectivity index (χ0) is 16.3. The minimum Gasteiger partial charge on any atom is -0.462 e. The topological polar surface area (TPSA) is 108 Å². The SMILES string of the molecule is C=CC(=O)OC(COC(=O)CC)COP(=O)(O)OCCC. The quantitative estimate of drug-likeness (QED) is 0.347. The molecule has 0 rings (SSSR count). The summed E-state index contributed by atoms with van der Waals surface area (Å²) < 4.78 is 30.4. The third kappa shape index (κ3) is 10.2. The molecule has 8 nitrogen and oxygen atoms in total. The number of rotatable bonds is 11. The fourth-order valence-corrected chi connectivity index (χ4v) is 1.88. The molecule has 0 aromatic rings. The highest BCUT2D eigenvalue weighted by atomic mass is 31.2. The molecule has 2 unspecified atom stereocenters. The van der Waals surface area contributed by atoms with Crippen molar-refractivity contribution in [1.29, 1.82) is 0 Å². The molecule has 2 atom stereocenters. The van der Waals surface area contributed by atoms with Crippen LogP contribution in [0.25, 0.3) is 0 Å². The van der Waals surface area contributed by atoms with Gasteiger partial charge in [0.15, 0.2) is 6.10 Å². The van der Waals surface area contributed by atoms with E-state index in [0.29, 0.717) is 6.42 Å². The summed E-state index contributed by atoms with van der Waals surface area (Å²) in [4.78, 5) is 31.5. The highest BCUT2D eigenvalue weighted by Gasteiger charge is 2.25. The highest BCUT2D eigenvalue weighted by Crippen LogP contribution is 2.43. The molecule has 0 aliphatic rings. The number of hydrogen-bond acceptors (Lipinski definition) is 7. The van der Waals surface area contributed by atoms with E-state index in [1.165, 1.54) is 0 Å². The Hall–Kier alpha value is -1.21. The Bertz CT molecular complexity index is 395.